The van der Waals surface area contributed by atoms with Crippen LogP contribution in [0.1, 0.15) is 13.8 Å². The van der Waals surface area contributed by atoms with Gasteiger partial charge in [0.05, 0.1) is 18.0 Å². The third-order valence-corrected chi connectivity index (χ3v) is 9.94. The topological polar surface area (TPSA) is 104 Å². The van der Waals surface area contributed by atoms with Gasteiger partial charge in [-0.05, 0) is 49.4 Å². The molecule has 0 aromatic heterocycles. The zero-order valence-corrected chi connectivity index (χ0v) is 21.6. The fourth-order valence-electron chi connectivity index (χ4n) is 3.56. The number of nitrogens with zero attached hydrogens (tertiary/aromatic N) is 2. The third-order valence-electron chi connectivity index (χ3n) is 5.59. The molecule has 0 saturated carbocycles. The minimum Gasteiger partial charge on any atom is -0.487 e. The minimum absolute atomic E-state index is 0.0225. The maximum Gasteiger partial charge on any atom is 0.247 e. The summed E-state index contributed by atoms with van der Waals surface area (Å²) in [5.74, 6) is -0.884. The molecule has 0 bridgehead atoms. The molecule has 0 amide bonds. The molecule has 1 aliphatic rings. The van der Waals surface area contributed by atoms with Crippen molar-refractivity contribution < 1.29 is 31.1 Å². The lowest BCUT2D eigenvalue weighted by Gasteiger charge is -2.37. The molecule has 0 aliphatic carbocycles. The van der Waals surface area contributed by atoms with Crippen LogP contribution < -0.4 is 4.74 Å². The molecule has 8 nitrogen and oxygen atoms in total. The van der Waals surface area contributed by atoms with E-state index in [1.807, 2.05) is 0 Å². The van der Waals surface area contributed by atoms with E-state index in [0.29, 0.717) is 4.47 Å². The maximum absolute atomic E-state index is 13.3. The Labute approximate surface area is 202 Å². The molecule has 2 aromatic carbocycles. The van der Waals surface area contributed by atoms with E-state index in [1.54, 1.807) is 19.9 Å². The first-order valence-corrected chi connectivity index (χ1v) is 13.9. The highest BCUT2D eigenvalue weighted by atomic mass is 79.9. The van der Waals surface area contributed by atoms with Gasteiger partial charge in [0.1, 0.15) is 22.6 Å². The maximum atomic E-state index is 13.3. The lowest BCUT2D eigenvalue weighted by Crippen LogP contribution is -2.50. The zero-order valence-electron chi connectivity index (χ0n) is 18.4. The van der Waals surface area contributed by atoms with Gasteiger partial charge < -0.3 is 9.84 Å². The highest BCUT2D eigenvalue weighted by Crippen LogP contribution is 2.35. The zero-order chi connectivity index (χ0) is 24.6. The molecule has 1 N–H and O–H groups in total. The highest BCUT2D eigenvalue weighted by molar-refractivity contribution is 9.10. The Hall–Kier alpha value is -1.57. The van der Waals surface area contributed by atoms with Crippen molar-refractivity contribution in [3.8, 4) is 5.75 Å². The van der Waals surface area contributed by atoms with Crippen molar-refractivity contribution in [2.75, 3.05) is 26.7 Å². The van der Waals surface area contributed by atoms with Gasteiger partial charge in [-0.3, -0.25) is 0 Å². The van der Waals surface area contributed by atoms with E-state index in [4.69, 9.17) is 4.74 Å². The molecule has 182 valence electrons. The van der Waals surface area contributed by atoms with Gasteiger partial charge in [-0.2, -0.15) is 8.61 Å². The molecule has 0 spiro atoms. The number of hydrogen-bond donors (Lipinski definition) is 1. The normalized spacial score (nSPS) is 22.2. The number of fused-ring (bicyclic) bond motifs is 1. The van der Waals surface area contributed by atoms with Gasteiger partial charge in [0, 0.05) is 30.0 Å². The van der Waals surface area contributed by atoms with Gasteiger partial charge in [-0.15, -0.1) is 0 Å². The smallest absolute Gasteiger partial charge is 0.247 e. The number of benzene rings is 2. The quantitative estimate of drug-likeness (QED) is 0.578. The standard InChI is InChI=1S/C21H26BrFN2O6S2/c1-14-11-25(15(2)13-26)33(29,30)21-9-4-16(22)10-19(21)31-20(14)12-24(3)32(27,28)18-7-5-17(23)6-8-18/h4-10,14-15,20,26H,11-13H2,1-3H3/t14-,15-,20-/m0/s1. The van der Waals surface area contributed by atoms with Gasteiger partial charge in [-0.1, -0.05) is 22.9 Å². The van der Waals surface area contributed by atoms with Crippen LogP contribution in [0.4, 0.5) is 4.39 Å². The van der Waals surface area contributed by atoms with Crippen molar-refractivity contribution in [3.05, 3.63) is 52.8 Å². The number of ether oxygens (including phenoxy) is 1. The average molecular weight is 565 g/mol. The van der Waals surface area contributed by atoms with Gasteiger partial charge in [0.25, 0.3) is 0 Å². The monoisotopic (exact) mass is 564 g/mol. The Balaban J connectivity index is 2.00. The molecule has 0 radical (unpaired) electrons. The van der Waals surface area contributed by atoms with E-state index >= 15 is 0 Å². The number of aliphatic hydroxyl groups excluding tert-OH is 1. The molecule has 0 saturated heterocycles. The van der Waals surface area contributed by atoms with Gasteiger partial charge in [0.15, 0.2) is 0 Å². The van der Waals surface area contributed by atoms with Crippen LogP contribution in [0.2, 0.25) is 0 Å². The number of likely N-dealkylation sites (N-methyl/N-ethyl adjacent to an activating group) is 1. The summed E-state index contributed by atoms with van der Waals surface area (Å²) in [6.07, 6.45) is -0.706. The van der Waals surface area contributed by atoms with Gasteiger partial charge >= 0.3 is 0 Å². The molecule has 3 atom stereocenters. The molecular formula is C21H26BrFN2O6S2. The van der Waals surface area contributed by atoms with E-state index in [9.17, 15) is 26.3 Å². The Morgan fingerprint density at radius 2 is 1.91 bits per heavy atom. The summed E-state index contributed by atoms with van der Waals surface area (Å²) in [4.78, 5) is -0.127. The molecule has 3 rings (SSSR count). The van der Waals surface area contributed by atoms with Crippen molar-refractivity contribution in [2.45, 2.75) is 35.8 Å². The van der Waals surface area contributed by atoms with Crippen molar-refractivity contribution in [1.29, 1.82) is 0 Å². The second-order valence-corrected chi connectivity index (χ2v) is 12.9. The van der Waals surface area contributed by atoms with E-state index in [2.05, 4.69) is 15.9 Å². The lowest BCUT2D eigenvalue weighted by atomic mass is 10.0. The molecule has 1 heterocycles. The summed E-state index contributed by atoms with van der Waals surface area (Å²) in [6, 6.07) is 8.35. The average Bonchev–Trinajstić information content (AvgIpc) is 2.75. The van der Waals surface area contributed by atoms with Gasteiger partial charge in [-0.25, -0.2) is 21.2 Å². The first kappa shape index (κ1) is 26.0. The molecule has 33 heavy (non-hydrogen) atoms. The third kappa shape index (κ3) is 5.41. The molecule has 12 heteroatoms. The minimum atomic E-state index is -3.97. The fraction of sp³-hybridized carbons (Fsp3) is 0.429. The summed E-state index contributed by atoms with van der Waals surface area (Å²) >= 11 is 3.32. The second-order valence-electron chi connectivity index (χ2n) is 8.07. The van der Waals surface area contributed by atoms with Crippen LogP contribution in [0.15, 0.2) is 56.7 Å². The van der Waals surface area contributed by atoms with Crippen molar-refractivity contribution in [1.82, 2.24) is 8.61 Å². The predicted octanol–water partition coefficient (Wildman–Crippen LogP) is 2.68. The van der Waals surface area contributed by atoms with E-state index in [-0.39, 0.29) is 35.2 Å². The number of aliphatic hydroxyl groups is 1. The van der Waals surface area contributed by atoms with Gasteiger partial charge in [0.2, 0.25) is 20.0 Å². The SMILES string of the molecule is C[C@H]1CN([C@@H](C)CO)S(=O)(=O)c2ccc(Br)cc2O[C@H]1CN(C)S(=O)(=O)c1ccc(F)cc1. The molecule has 0 fully saturated rings. The van der Waals surface area contributed by atoms with Crippen LogP contribution >= 0.6 is 15.9 Å². The van der Waals surface area contributed by atoms with Crippen LogP contribution in [0.25, 0.3) is 0 Å². The number of rotatable bonds is 6. The van der Waals surface area contributed by atoms with Crippen LogP contribution in [0.5, 0.6) is 5.75 Å². The summed E-state index contributed by atoms with van der Waals surface area (Å²) in [5, 5.41) is 9.66. The van der Waals surface area contributed by atoms with Crippen LogP contribution in [-0.2, 0) is 20.0 Å². The summed E-state index contributed by atoms with van der Waals surface area (Å²) in [6.45, 7) is 2.94. The fourth-order valence-corrected chi connectivity index (χ4v) is 6.90. The Kier molecular flexibility index (Phi) is 7.86. The molecule has 1 aliphatic heterocycles. The Morgan fingerprint density at radius 1 is 1.27 bits per heavy atom. The molecule has 2 aromatic rings. The van der Waals surface area contributed by atoms with Crippen LogP contribution in [0.3, 0.4) is 0 Å². The molecule has 0 unspecified atom stereocenters. The number of halogens is 2. The van der Waals surface area contributed by atoms with Crippen molar-refractivity contribution >= 4 is 36.0 Å². The van der Waals surface area contributed by atoms with E-state index in [0.717, 1.165) is 16.4 Å². The lowest BCUT2D eigenvalue weighted by molar-refractivity contribution is 0.0904. The Bertz CT molecular complexity index is 1210. The van der Waals surface area contributed by atoms with Crippen molar-refractivity contribution in [2.24, 2.45) is 5.92 Å². The Morgan fingerprint density at radius 3 is 2.52 bits per heavy atom. The summed E-state index contributed by atoms with van der Waals surface area (Å²) in [7, 11) is -6.52. The van der Waals surface area contributed by atoms with E-state index in [1.165, 1.54) is 35.6 Å². The largest absolute Gasteiger partial charge is 0.487 e. The number of sulfonamides is 2. The highest BCUT2D eigenvalue weighted by Gasteiger charge is 2.39. The first-order chi connectivity index (χ1) is 15.4. The first-order valence-electron chi connectivity index (χ1n) is 10.2. The summed E-state index contributed by atoms with van der Waals surface area (Å²) in [5.41, 5.74) is 0. The second kappa shape index (κ2) is 9.96. The molecular weight excluding hydrogens is 539 g/mol. The van der Waals surface area contributed by atoms with Crippen LogP contribution in [0, 0.1) is 11.7 Å². The van der Waals surface area contributed by atoms with Crippen LogP contribution in [-0.4, -0.2) is 69.4 Å². The summed E-state index contributed by atoms with van der Waals surface area (Å²) < 4.78 is 74.9. The predicted molar refractivity (Wildman–Crippen MR) is 124 cm³/mol. The van der Waals surface area contributed by atoms with Crippen molar-refractivity contribution in [3.63, 3.8) is 0 Å². The van der Waals surface area contributed by atoms with E-state index < -0.39 is 43.9 Å². The number of hydrogen-bond acceptors (Lipinski definition) is 6.